The number of piperidine rings is 1. The van der Waals surface area contributed by atoms with Gasteiger partial charge in [0.2, 0.25) is 5.88 Å². The highest BCUT2D eigenvalue weighted by atomic mass is 16.6. The first-order chi connectivity index (χ1) is 12.2. The van der Waals surface area contributed by atoms with Crippen LogP contribution in [0.4, 0.5) is 10.5 Å². The van der Waals surface area contributed by atoms with Crippen LogP contribution >= 0.6 is 0 Å². The Labute approximate surface area is 153 Å². The summed E-state index contributed by atoms with van der Waals surface area (Å²) in [6.45, 7) is 7.56. The van der Waals surface area contributed by atoms with Gasteiger partial charge in [-0.15, -0.1) is 0 Å². The van der Waals surface area contributed by atoms with Crippen molar-refractivity contribution in [2.75, 3.05) is 19.7 Å². The summed E-state index contributed by atoms with van der Waals surface area (Å²) < 4.78 is 11.0. The Balaban J connectivity index is 1.70. The smallest absolute Gasteiger partial charge is 0.410 e. The first-order valence-electron chi connectivity index (χ1n) is 8.96. The van der Waals surface area contributed by atoms with Gasteiger partial charge in [-0.05, 0) is 52.4 Å². The van der Waals surface area contributed by atoms with Gasteiger partial charge in [0.15, 0.2) is 0 Å². The fraction of sp³-hybridized carbons (Fsp3) is 0.667. The zero-order valence-corrected chi connectivity index (χ0v) is 15.6. The van der Waals surface area contributed by atoms with Crippen LogP contribution in [0.25, 0.3) is 0 Å². The molecule has 1 aliphatic rings. The summed E-state index contributed by atoms with van der Waals surface area (Å²) in [6.07, 6.45) is 4.81. The Bertz CT molecular complexity index is 612. The Morgan fingerprint density at radius 2 is 2.19 bits per heavy atom. The summed E-state index contributed by atoms with van der Waals surface area (Å²) in [5, 5.41) is 10.6. The van der Waals surface area contributed by atoms with Crippen molar-refractivity contribution < 1.29 is 19.2 Å². The number of carbonyl (C=O) groups excluding carboxylic acids is 1. The van der Waals surface area contributed by atoms with Crippen LogP contribution in [0.2, 0.25) is 0 Å². The van der Waals surface area contributed by atoms with Gasteiger partial charge in [0.05, 0.1) is 11.5 Å². The Morgan fingerprint density at radius 3 is 2.81 bits per heavy atom. The molecule has 0 saturated carbocycles. The fourth-order valence-electron chi connectivity index (χ4n) is 2.91. The fourth-order valence-corrected chi connectivity index (χ4v) is 2.91. The van der Waals surface area contributed by atoms with E-state index >= 15 is 0 Å². The number of likely N-dealkylation sites (tertiary alicyclic amines) is 1. The lowest BCUT2D eigenvalue weighted by Crippen LogP contribution is -2.42. The van der Waals surface area contributed by atoms with Crippen LogP contribution in [-0.2, 0) is 4.74 Å². The minimum atomic E-state index is -0.490. The molecule has 1 amide bonds. The molecule has 1 aromatic rings. The Morgan fingerprint density at radius 1 is 1.42 bits per heavy atom. The van der Waals surface area contributed by atoms with Gasteiger partial charge in [-0.25, -0.2) is 9.78 Å². The highest BCUT2D eigenvalue weighted by Crippen LogP contribution is 2.23. The quantitative estimate of drug-likeness (QED) is 0.432. The standard InChI is InChI=1S/C18H27N3O5/c1-18(2,3)26-17(22)20-10-4-6-14(13-20)7-5-11-25-16-9-8-15(12-19-16)21(23)24/h8-9,12,14H,4-7,10-11,13H2,1-3H3/t14-/m1/s1. The average Bonchev–Trinajstić information content (AvgIpc) is 2.58. The van der Waals surface area contributed by atoms with Gasteiger partial charge < -0.3 is 14.4 Å². The second-order valence-corrected chi connectivity index (χ2v) is 7.54. The molecular weight excluding hydrogens is 338 g/mol. The van der Waals surface area contributed by atoms with Gasteiger partial charge in [-0.3, -0.25) is 10.1 Å². The van der Waals surface area contributed by atoms with Crippen molar-refractivity contribution in [3.63, 3.8) is 0 Å². The maximum Gasteiger partial charge on any atom is 0.410 e. The van der Waals surface area contributed by atoms with Crippen molar-refractivity contribution in [1.29, 1.82) is 0 Å². The molecule has 1 aromatic heterocycles. The summed E-state index contributed by atoms with van der Waals surface area (Å²) >= 11 is 0. The number of hydrogen-bond donors (Lipinski definition) is 0. The first kappa shape index (κ1) is 19.9. The van der Waals surface area contributed by atoms with Crippen molar-refractivity contribution in [2.24, 2.45) is 5.92 Å². The molecule has 26 heavy (non-hydrogen) atoms. The van der Waals surface area contributed by atoms with E-state index in [0.29, 0.717) is 24.9 Å². The largest absolute Gasteiger partial charge is 0.478 e. The van der Waals surface area contributed by atoms with Gasteiger partial charge in [-0.1, -0.05) is 0 Å². The van der Waals surface area contributed by atoms with E-state index < -0.39 is 10.5 Å². The molecule has 0 unspecified atom stereocenters. The molecule has 0 aliphatic carbocycles. The van der Waals surface area contributed by atoms with Crippen LogP contribution in [0.1, 0.15) is 46.5 Å². The van der Waals surface area contributed by atoms with Gasteiger partial charge >= 0.3 is 6.09 Å². The summed E-state index contributed by atoms with van der Waals surface area (Å²) in [6, 6.07) is 2.88. The van der Waals surface area contributed by atoms with E-state index in [2.05, 4.69) is 4.98 Å². The molecule has 0 aromatic carbocycles. The van der Waals surface area contributed by atoms with Gasteiger partial charge in [-0.2, -0.15) is 0 Å². The predicted molar refractivity (Wildman–Crippen MR) is 96.2 cm³/mol. The van der Waals surface area contributed by atoms with E-state index in [1.54, 1.807) is 4.90 Å². The SMILES string of the molecule is CC(C)(C)OC(=O)N1CCC[C@H](CCCOc2ccc([N+](=O)[O-])cn2)C1. The molecule has 1 fully saturated rings. The van der Waals surface area contributed by atoms with Crippen LogP contribution in [0.3, 0.4) is 0 Å². The number of aromatic nitrogens is 1. The third-order valence-electron chi connectivity index (χ3n) is 4.11. The molecular formula is C18H27N3O5. The van der Waals surface area contributed by atoms with Crippen LogP contribution in [0.5, 0.6) is 5.88 Å². The molecule has 2 heterocycles. The van der Waals surface area contributed by atoms with E-state index in [0.717, 1.165) is 32.2 Å². The molecule has 2 rings (SSSR count). The molecule has 1 saturated heterocycles. The van der Waals surface area contributed by atoms with Gasteiger partial charge in [0.1, 0.15) is 11.8 Å². The minimum absolute atomic E-state index is 0.0539. The Hall–Kier alpha value is -2.38. The zero-order valence-electron chi connectivity index (χ0n) is 15.6. The van der Waals surface area contributed by atoms with Crippen LogP contribution in [-0.4, -0.2) is 46.2 Å². The lowest BCUT2D eigenvalue weighted by Gasteiger charge is -2.34. The summed E-state index contributed by atoms with van der Waals surface area (Å²) in [4.78, 5) is 28.0. The normalized spacial score (nSPS) is 17.7. The average molecular weight is 365 g/mol. The van der Waals surface area contributed by atoms with Crippen LogP contribution < -0.4 is 4.74 Å². The molecule has 0 spiro atoms. The maximum atomic E-state index is 12.2. The van der Waals surface area contributed by atoms with E-state index in [1.807, 2.05) is 20.8 Å². The lowest BCUT2D eigenvalue weighted by atomic mass is 9.94. The van der Waals surface area contributed by atoms with E-state index in [4.69, 9.17) is 9.47 Å². The lowest BCUT2D eigenvalue weighted by molar-refractivity contribution is -0.385. The van der Waals surface area contributed by atoms with E-state index in [-0.39, 0.29) is 11.8 Å². The molecule has 0 bridgehead atoms. The number of nitro groups is 1. The summed E-state index contributed by atoms with van der Waals surface area (Å²) in [5.74, 6) is 0.819. The zero-order chi connectivity index (χ0) is 19.2. The third-order valence-corrected chi connectivity index (χ3v) is 4.11. The van der Waals surface area contributed by atoms with Crippen molar-refractivity contribution in [1.82, 2.24) is 9.88 Å². The highest BCUT2D eigenvalue weighted by molar-refractivity contribution is 5.68. The second-order valence-electron chi connectivity index (χ2n) is 7.54. The number of rotatable bonds is 6. The number of carbonyl (C=O) groups is 1. The predicted octanol–water partition coefficient (Wildman–Crippen LogP) is 3.80. The van der Waals surface area contributed by atoms with Crippen LogP contribution in [0, 0.1) is 16.0 Å². The second kappa shape index (κ2) is 8.82. The van der Waals surface area contributed by atoms with Crippen molar-refractivity contribution in [3.05, 3.63) is 28.4 Å². The molecule has 8 heteroatoms. The van der Waals surface area contributed by atoms with Crippen LogP contribution in [0.15, 0.2) is 18.3 Å². The van der Waals surface area contributed by atoms with E-state index in [1.165, 1.54) is 18.3 Å². The third kappa shape index (κ3) is 6.50. The van der Waals surface area contributed by atoms with Gasteiger partial charge in [0, 0.05) is 25.2 Å². The van der Waals surface area contributed by atoms with E-state index in [9.17, 15) is 14.9 Å². The summed E-state index contributed by atoms with van der Waals surface area (Å²) in [5.41, 5.74) is -0.530. The number of nitrogens with zero attached hydrogens (tertiary/aromatic N) is 3. The number of ether oxygens (including phenoxy) is 2. The number of hydrogen-bond acceptors (Lipinski definition) is 6. The topological polar surface area (TPSA) is 94.8 Å². The minimum Gasteiger partial charge on any atom is -0.478 e. The molecule has 8 nitrogen and oxygen atoms in total. The van der Waals surface area contributed by atoms with Gasteiger partial charge in [0.25, 0.3) is 5.69 Å². The monoisotopic (exact) mass is 365 g/mol. The summed E-state index contributed by atoms with van der Waals surface area (Å²) in [7, 11) is 0. The Kier molecular flexibility index (Phi) is 6.76. The highest BCUT2D eigenvalue weighted by Gasteiger charge is 2.27. The molecule has 144 valence electrons. The maximum absolute atomic E-state index is 12.2. The number of pyridine rings is 1. The molecule has 0 radical (unpaired) electrons. The van der Waals surface area contributed by atoms with Crippen molar-refractivity contribution >= 4 is 11.8 Å². The van der Waals surface area contributed by atoms with Crippen molar-refractivity contribution in [2.45, 2.75) is 52.1 Å². The first-order valence-corrected chi connectivity index (χ1v) is 8.96. The molecule has 1 atom stereocenters. The molecule has 0 N–H and O–H groups in total. The molecule has 1 aliphatic heterocycles. The number of amides is 1. The van der Waals surface area contributed by atoms with Crippen molar-refractivity contribution in [3.8, 4) is 5.88 Å².